The van der Waals surface area contributed by atoms with Crippen LogP contribution in [0.4, 0.5) is 17.1 Å². The summed E-state index contributed by atoms with van der Waals surface area (Å²) in [6.07, 6.45) is 6.22. The van der Waals surface area contributed by atoms with Crippen molar-refractivity contribution in [1.82, 2.24) is 15.0 Å². The molecule has 2 amide bonds. The Labute approximate surface area is 296 Å². The number of rotatable bonds is 12. The third kappa shape index (κ3) is 6.37. The Balaban J connectivity index is 1.06. The van der Waals surface area contributed by atoms with Gasteiger partial charge in [-0.25, -0.2) is 0 Å². The van der Waals surface area contributed by atoms with Crippen LogP contribution < -0.4 is 19.3 Å². The van der Waals surface area contributed by atoms with E-state index < -0.39 is 17.4 Å². The van der Waals surface area contributed by atoms with Crippen LogP contribution in [-0.4, -0.2) is 57.3 Å². The van der Waals surface area contributed by atoms with Crippen molar-refractivity contribution in [3.8, 4) is 11.5 Å². The first-order valence-corrected chi connectivity index (χ1v) is 16.9. The molecule has 0 bridgehead atoms. The van der Waals surface area contributed by atoms with Gasteiger partial charge in [0, 0.05) is 29.9 Å². The number of aryl methyl sites for hydroxylation is 1. The fourth-order valence-corrected chi connectivity index (χ4v) is 6.81. The zero-order valence-corrected chi connectivity index (χ0v) is 28.4. The summed E-state index contributed by atoms with van der Waals surface area (Å²) < 4.78 is 12.8. The van der Waals surface area contributed by atoms with Crippen LogP contribution in [0.3, 0.4) is 0 Å². The van der Waals surface area contributed by atoms with Gasteiger partial charge in [-0.3, -0.25) is 19.2 Å². The Bertz CT molecular complexity index is 2060. The smallest absolute Gasteiger partial charge is 0.269 e. The average Bonchev–Trinajstić information content (AvgIpc) is 3.71. The van der Waals surface area contributed by atoms with E-state index in [1.807, 2.05) is 104 Å². The van der Waals surface area contributed by atoms with Gasteiger partial charge < -0.3 is 24.6 Å². The lowest BCUT2D eigenvalue weighted by atomic mass is 9.83. The predicted molar refractivity (Wildman–Crippen MR) is 192 cm³/mol. The lowest BCUT2D eigenvalue weighted by Crippen LogP contribution is -2.44. The van der Waals surface area contributed by atoms with Crippen LogP contribution >= 0.6 is 0 Å². The molecule has 51 heavy (non-hydrogen) atoms. The highest BCUT2D eigenvalue weighted by atomic mass is 16.5. The van der Waals surface area contributed by atoms with E-state index in [2.05, 4.69) is 10.3 Å². The van der Waals surface area contributed by atoms with Crippen LogP contribution in [0.15, 0.2) is 115 Å². The molecule has 1 aromatic heterocycles. The highest BCUT2D eigenvalue weighted by Gasteiger charge is 2.52. The van der Waals surface area contributed by atoms with Crippen molar-refractivity contribution in [3.05, 3.63) is 138 Å². The highest BCUT2D eigenvalue weighted by molar-refractivity contribution is 6.07. The summed E-state index contributed by atoms with van der Waals surface area (Å²) in [4.78, 5) is 30.2. The number of para-hydroxylation sites is 2. The molecule has 3 atom stereocenters. The molecule has 2 aliphatic rings. The Kier molecular flexibility index (Phi) is 9.40. The Morgan fingerprint density at radius 2 is 1.75 bits per heavy atom. The second kappa shape index (κ2) is 14.2. The van der Waals surface area contributed by atoms with Crippen LogP contribution in [0, 0.1) is 5.92 Å². The summed E-state index contributed by atoms with van der Waals surface area (Å²) in [7, 11) is 1.55. The van der Waals surface area contributed by atoms with Gasteiger partial charge in [0.1, 0.15) is 11.5 Å². The monoisotopic (exact) mass is 685 g/mol. The molecule has 0 saturated carbocycles. The largest absolute Gasteiger partial charge is 0.497 e. The van der Waals surface area contributed by atoms with Crippen molar-refractivity contribution < 1.29 is 29.3 Å². The molecule has 11 heteroatoms. The molecule has 260 valence electrons. The number of allylic oxidation sites excluding steroid dienone is 1. The van der Waals surface area contributed by atoms with Gasteiger partial charge in [0.05, 0.1) is 43.2 Å². The summed E-state index contributed by atoms with van der Waals surface area (Å²) in [6.45, 7) is 2.45. The van der Waals surface area contributed by atoms with E-state index in [9.17, 15) is 19.8 Å². The zero-order chi connectivity index (χ0) is 35.5. The summed E-state index contributed by atoms with van der Waals surface area (Å²) >= 11 is 0. The number of aliphatic hydroxyl groups excluding tert-OH is 1. The standard InChI is InChI=1S/C40H39N5O6/c1-27(10-8-9-21-43-24-34(41-42-43)32(25-46)29-11-4-3-5-12-29)40(49)33-22-31(50-2)19-20-35(33)44(39(40)48)23-28-15-17-30(18-16-28)45-36-13-6-7-14-37(36)51-26-38(45)47/h3-8,10-20,22,24,27,32,46,49H,9,21,23,25-26H2,1-2H3/b10-8+/t27-,32?,40+/m1/s1. The Morgan fingerprint density at radius 3 is 2.51 bits per heavy atom. The van der Waals surface area contributed by atoms with Crippen molar-refractivity contribution in [3.63, 3.8) is 0 Å². The molecule has 5 aromatic rings. The molecule has 7 rings (SSSR count). The fraction of sp³-hybridized carbons (Fsp3) is 0.250. The van der Waals surface area contributed by atoms with E-state index in [0.717, 1.165) is 11.1 Å². The van der Waals surface area contributed by atoms with Crippen molar-refractivity contribution in [2.45, 2.75) is 38.0 Å². The predicted octanol–water partition coefficient (Wildman–Crippen LogP) is 5.49. The van der Waals surface area contributed by atoms with Crippen molar-refractivity contribution in [2.75, 3.05) is 30.1 Å². The van der Waals surface area contributed by atoms with Gasteiger partial charge in [-0.1, -0.05) is 78.9 Å². The molecular weight excluding hydrogens is 646 g/mol. The third-order valence-corrected chi connectivity index (χ3v) is 9.62. The lowest BCUT2D eigenvalue weighted by Gasteiger charge is -2.29. The molecule has 0 fully saturated rings. The summed E-state index contributed by atoms with van der Waals surface area (Å²) in [5.74, 6) is -0.254. The van der Waals surface area contributed by atoms with Crippen molar-refractivity contribution in [2.24, 2.45) is 5.92 Å². The van der Waals surface area contributed by atoms with E-state index in [4.69, 9.17) is 9.47 Å². The average molecular weight is 686 g/mol. The van der Waals surface area contributed by atoms with Crippen LogP contribution in [0.2, 0.25) is 0 Å². The van der Waals surface area contributed by atoms with Gasteiger partial charge in [-0.15, -0.1) is 5.10 Å². The number of aliphatic hydroxyl groups is 2. The zero-order valence-electron chi connectivity index (χ0n) is 28.4. The Morgan fingerprint density at radius 1 is 0.980 bits per heavy atom. The minimum absolute atomic E-state index is 0.0479. The lowest BCUT2D eigenvalue weighted by molar-refractivity contribution is -0.139. The summed E-state index contributed by atoms with van der Waals surface area (Å²) in [5.41, 5.74) is 3.12. The van der Waals surface area contributed by atoms with Gasteiger partial charge >= 0.3 is 0 Å². The number of amides is 2. The second-order valence-corrected chi connectivity index (χ2v) is 12.8. The first-order chi connectivity index (χ1) is 24.8. The van der Waals surface area contributed by atoms with Gasteiger partial charge in [0.2, 0.25) is 0 Å². The van der Waals surface area contributed by atoms with Crippen LogP contribution in [0.5, 0.6) is 11.5 Å². The van der Waals surface area contributed by atoms with Crippen LogP contribution in [0.25, 0.3) is 0 Å². The molecule has 2 N–H and O–H groups in total. The number of methoxy groups -OCH3 is 1. The number of carbonyl (C=O) groups is 2. The number of carbonyl (C=O) groups excluding carboxylic acids is 2. The maximum Gasteiger partial charge on any atom is 0.269 e. The molecule has 0 radical (unpaired) electrons. The van der Waals surface area contributed by atoms with E-state index in [1.54, 1.807) is 39.8 Å². The summed E-state index contributed by atoms with van der Waals surface area (Å²) in [5, 5.41) is 30.7. The molecule has 11 nitrogen and oxygen atoms in total. The molecule has 0 aliphatic carbocycles. The van der Waals surface area contributed by atoms with Gasteiger partial charge in [0.15, 0.2) is 12.2 Å². The highest BCUT2D eigenvalue weighted by Crippen LogP contribution is 2.47. The second-order valence-electron chi connectivity index (χ2n) is 12.8. The normalized spacial score (nSPS) is 18.0. The van der Waals surface area contributed by atoms with Crippen molar-refractivity contribution >= 4 is 28.9 Å². The van der Waals surface area contributed by atoms with Crippen molar-refractivity contribution in [1.29, 1.82) is 0 Å². The van der Waals surface area contributed by atoms with E-state index in [0.29, 0.717) is 52.8 Å². The number of hydrogen-bond acceptors (Lipinski definition) is 8. The fourth-order valence-electron chi connectivity index (χ4n) is 6.81. The maximum atomic E-state index is 14.2. The van der Waals surface area contributed by atoms with Gasteiger partial charge in [-0.2, -0.15) is 0 Å². The minimum Gasteiger partial charge on any atom is -0.497 e. The number of nitrogens with zero attached hydrogens (tertiary/aromatic N) is 5. The molecule has 3 heterocycles. The molecule has 4 aromatic carbocycles. The maximum absolute atomic E-state index is 14.2. The molecule has 2 aliphatic heterocycles. The van der Waals surface area contributed by atoms with E-state index >= 15 is 0 Å². The third-order valence-electron chi connectivity index (χ3n) is 9.62. The van der Waals surface area contributed by atoms with E-state index in [1.165, 1.54) is 0 Å². The first kappa shape index (κ1) is 33.7. The molecule has 0 saturated heterocycles. The SMILES string of the molecule is COc1ccc2c(c1)[C@@](O)([C@H](C)/C=C/CCn1cc(C(CO)c3ccccc3)nn1)C(=O)N2Cc1ccc(N2C(=O)COc3ccccc32)cc1. The van der Waals surface area contributed by atoms with Gasteiger partial charge in [-0.05, 0) is 60.0 Å². The van der Waals surface area contributed by atoms with Crippen LogP contribution in [-0.2, 0) is 28.3 Å². The molecular formula is C40H39N5O6. The number of hydrogen-bond donors (Lipinski definition) is 2. The molecule has 1 unspecified atom stereocenters. The number of fused-ring (bicyclic) bond motifs is 2. The summed E-state index contributed by atoms with van der Waals surface area (Å²) in [6, 6.07) is 29.9. The number of anilines is 3. The first-order valence-electron chi connectivity index (χ1n) is 16.9. The van der Waals surface area contributed by atoms with E-state index in [-0.39, 0.29) is 31.6 Å². The Hall–Kier alpha value is -5.78. The number of ether oxygens (including phenoxy) is 2. The van der Waals surface area contributed by atoms with Crippen LogP contribution in [0.1, 0.15) is 41.6 Å². The number of aromatic nitrogens is 3. The molecule has 0 spiro atoms. The quantitative estimate of drug-likeness (QED) is 0.165. The number of benzene rings is 4. The minimum atomic E-state index is -1.82. The topological polar surface area (TPSA) is 130 Å². The van der Waals surface area contributed by atoms with Gasteiger partial charge in [0.25, 0.3) is 11.8 Å².